The Hall–Kier alpha value is -1.78. The Morgan fingerprint density at radius 2 is 2.00 bits per heavy atom. The molecule has 0 aliphatic heterocycles. The number of guanidine groups is 1. The largest absolute Gasteiger partial charge is 0.370 e. The van der Waals surface area contributed by atoms with Crippen LogP contribution in [0.5, 0.6) is 0 Å². The standard InChI is InChI=1S/C13H23N5/c1-5-18(6-2)13(14)16-10-11-7-8-15-12(9-11)17(3)4/h7-9H,5-6,10H2,1-4H3,(H2,14,16). The number of hydrogen-bond donors (Lipinski definition) is 1. The molecule has 0 atom stereocenters. The second-order valence-corrected chi connectivity index (χ2v) is 4.26. The lowest BCUT2D eigenvalue weighted by Crippen LogP contribution is -2.37. The molecule has 0 bridgehead atoms. The lowest BCUT2D eigenvalue weighted by atomic mass is 10.2. The molecular weight excluding hydrogens is 226 g/mol. The van der Waals surface area contributed by atoms with Crippen molar-refractivity contribution < 1.29 is 0 Å². The molecule has 0 aromatic carbocycles. The van der Waals surface area contributed by atoms with Gasteiger partial charge in [0.15, 0.2) is 5.96 Å². The number of aliphatic imine (C=N–C) groups is 1. The number of rotatable bonds is 5. The number of hydrogen-bond acceptors (Lipinski definition) is 3. The Labute approximate surface area is 109 Å². The van der Waals surface area contributed by atoms with Crippen LogP contribution in [0.4, 0.5) is 5.82 Å². The lowest BCUT2D eigenvalue weighted by molar-refractivity contribution is 0.458. The summed E-state index contributed by atoms with van der Waals surface area (Å²) in [4.78, 5) is 12.7. The summed E-state index contributed by atoms with van der Waals surface area (Å²) < 4.78 is 0. The number of aromatic nitrogens is 1. The monoisotopic (exact) mass is 249 g/mol. The first-order valence-electron chi connectivity index (χ1n) is 6.25. The quantitative estimate of drug-likeness (QED) is 0.631. The van der Waals surface area contributed by atoms with Gasteiger partial charge in [-0.15, -0.1) is 0 Å². The Morgan fingerprint density at radius 3 is 2.56 bits per heavy atom. The lowest BCUT2D eigenvalue weighted by Gasteiger charge is -2.19. The highest BCUT2D eigenvalue weighted by Crippen LogP contribution is 2.10. The average molecular weight is 249 g/mol. The fourth-order valence-electron chi connectivity index (χ4n) is 1.62. The molecule has 0 radical (unpaired) electrons. The van der Waals surface area contributed by atoms with Crippen molar-refractivity contribution >= 4 is 11.8 Å². The van der Waals surface area contributed by atoms with Gasteiger partial charge in [0.1, 0.15) is 5.82 Å². The van der Waals surface area contributed by atoms with Crippen LogP contribution < -0.4 is 10.6 Å². The minimum absolute atomic E-state index is 0.589. The van der Waals surface area contributed by atoms with Crippen molar-refractivity contribution in [1.29, 1.82) is 0 Å². The van der Waals surface area contributed by atoms with Crippen LogP contribution >= 0.6 is 0 Å². The third-order valence-electron chi connectivity index (χ3n) is 2.78. The van der Waals surface area contributed by atoms with E-state index in [1.807, 2.05) is 36.0 Å². The minimum Gasteiger partial charge on any atom is -0.370 e. The highest BCUT2D eigenvalue weighted by molar-refractivity contribution is 5.78. The van der Waals surface area contributed by atoms with E-state index in [-0.39, 0.29) is 0 Å². The molecule has 0 spiro atoms. The van der Waals surface area contributed by atoms with Crippen LogP contribution in [-0.2, 0) is 6.54 Å². The first-order chi connectivity index (χ1) is 8.58. The van der Waals surface area contributed by atoms with Crippen LogP contribution in [0.1, 0.15) is 19.4 Å². The van der Waals surface area contributed by atoms with Crippen molar-refractivity contribution in [2.45, 2.75) is 20.4 Å². The van der Waals surface area contributed by atoms with Crippen molar-refractivity contribution in [2.75, 3.05) is 32.1 Å². The summed E-state index contributed by atoms with van der Waals surface area (Å²) in [6, 6.07) is 3.99. The molecule has 2 N–H and O–H groups in total. The summed E-state index contributed by atoms with van der Waals surface area (Å²) in [7, 11) is 3.94. The van der Waals surface area contributed by atoms with Crippen LogP contribution in [0.25, 0.3) is 0 Å². The molecule has 5 heteroatoms. The molecule has 1 aromatic heterocycles. The van der Waals surface area contributed by atoms with Crippen LogP contribution in [0.15, 0.2) is 23.3 Å². The molecule has 1 heterocycles. The van der Waals surface area contributed by atoms with Gasteiger partial charge in [-0.25, -0.2) is 9.98 Å². The number of nitrogens with zero attached hydrogens (tertiary/aromatic N) is 4. The maximum atomic E-state index is 5.93. The Balaban J connectivity index is 2.73. The molecular formula is C13H23N5. The maximum absolute atomic E-state index is 5.93. The van der Waals surface area contributed by atoms with Gasteiger partial charge in [0.25, 0.3) is 0 Å². The molecule has 0 aliphatic carbocycles. The van der Waals surface area contributed by atoms with Crippen molar-refractivity contribution in [1.82, 2.24) is 9.88 Å². The van der Waals surface area contributed by atoms with Gasteiger partial charge in [0.2, 0.25) is 0 Å². The molecule has 0 unspecified atom stereocenters. The van der Waals surface area contributed by atoms with Crippen LogP contribution in [0, 0.1) is 0 Å². The molecule has 0 aliphatic rings. The minimum atomic E-state index is 0.589. The fourth-order valence-corrected chi connectivity index (χ4v) is 1.62. The van der Waals surface area contributed by atoms with E-state index in [1.54, 1.807) is 6.20 Å². The molecule has 1 rings (SSSR count). The summed E-state index contributed by atoms with van der Waals surface area (Å²) in [5.41, 5.74) is 7.05. The number of anilines is 1. The Morgan fingerprint density at radius 1 is 1.33 bits per heavy atom. The van der Waals surface area contributed by atoms with Gasteiger partial charge < -0.3 is 15.5 Å². The smallest absolute Gasteiger partial charge is 0.191 e. The number of pyridine rings is 1. The van der Waals surface area contributed by atoms with E-state index in [9.17, 15) is 0 Å². The van der Waals surface area contributed by atoms with E-state index >= 15 is 0 Å². The zero-order valence-corrected chi connectivity index (χ0v) is 11.7. The third kappa shape index (κ3) is 3.91. The zero-order valence-electron chi connectivity index (χ0n) is 11.7. The first kappa shape index (κ1) is 14.3. The molecule has 1 aromatic rings. The molecule has 18 heavy (non-hydrogen) atoms. The van der Waals surface area contributed by atoms with Crippen LogP contribution in [0.3, 0.4) is 0 Å². The van der Waals surface area contributed by atoms with Gasteiger partial charge in [0, 0.05) is 33.4 Å². The second-order valence-electron chi connectivity index (χ2n) is 4.26. The summed E-state index contributed by atoms with van der Waals surface area (Å²) in [6.07, 6.45) is 1.80. The Bertz CT molecular complexity index is 396. The van der Waals surface area contributed by atoms with Crippen molar-refractivity contribution in [3.05, 3.63) is 23.9 Å². The Kier molecular flexibility index (Phi) is 5.42. The fraction of sp³-hybridized carbons (Fsp3) is 0.538. The van der Waals surface area contributed by atoms with Crippen molar-refractivity contribution in [3.8, 4) is 0 Å². The summed E-state index contributed by atoms with van der Waals surface area (Å²) in [5.74, 6) is 1.53. The van der Waals surface area contributed by atoms with Crippen LogP contribution in [0.2, 0.25) is 0 Å². The third-order valence-corrected chi connectivity index (χ3v) is 2.78. The van der Waals surface area contributed by atoms with E-state index in [2.05, 4.69) is 23.8 Å². The predicted molar refractivity (Wildman–Crippen MR) is 76.8 cm³/mol. The topological polar surface area (TPSA) is 57.8 Å². The second kappa shape index (κ2) is 6.83. The molecule has 0 amide bonds. The van der Waals surface area contributed by atoms with Crippen LogP contribution in [-0.4, -0.2) is 43.0 Å². The normalized spacial score (nSPS) is 11.4. The van der Waals surface area contributed by atoms with E-state index < -0.39 is 0 Å². The summed E-state index contributed by atoms with van der Waals surface area (Å²) >= 11 is 0. The van der Waals surface area contributed by atoms with Gasteiger partial charge in [0.05, 0.1) is 6.54 Å². The predicted octanol–water partition coefficient (Wildman–Crippen LogP) is 1.30. The molecule has 0 saturated heterocycles. The van der Waals surface area contributed by atoms with Gasteiger partial charge in [-0.2, -0.15) is 0 Å². The summed E-state index contributed by atoms with van der Waals surface area (Å²) in [6.45, 7) is 6.49. The zero-order chi connectivity index (χ0) is 13.5. The van der Waals surface area contributed by atoms with Gasteiger partial charge in [-0.1, -0.05) is 0 Å². The van der Waals surface area contributed by atoms with Gasteiger partial charge in [-0.05, 0) is 31.5 Å². The molecule has 0 saturated carbocycles. The van der Waals surface area contributed by atoms with Crippen molar-refractivity contribution in [3.63, 3.8) is 0 Å². The molecule has 0 fully saturated rings. The molecule has 5 nitrogen and oxygen atoms in total. The van der Waals surface area contributed by atoms with Gasteiger partial charge in [-0.3, -0.25) is 0 Å². The summed E-state index contributed by atoms with van der Waals surface area (Å²) in [5, 5.41) is 0. The van der Waals surface area contributed by atoms with E-state index in [1.165, 1.54) is 0 Å². The number of nitrogens with two attached hydrogens (primary N) is 1. The maximum Gasteiger partial charge on any atom is 0.191 e. The van der Waals surface area contributed by atoms with E-state index in [4.69, 9.17) is 5.73 Å². The van der Waals surface area contributed by atoms with E-state index in [0.29, 0.717) is 12.5 Å². The first-order valence-corrected chi connectivity index (χ1v) is 6.25. The molecule has 100 valence electrons. The van der Waals surface area contributed by atoms with Gasteiger partial charge >= 0.3 is 0 Å². The highest BCUT2D eigenvalue weighted by atomic mass is 15.2. The van der Waals surface area contributed by atoms with Crippen molar-refractivity contribution in [2.24, 2.45) is 10.7 Å². The average Bonchev–Trinajstić information content (AvgIpc) is 2.38. The van der Waals surface area contributed by atoms with E-state index in [0.717, 1.165) is 24.5 Å². The SMILES string of the molecule is CCN(CC)C(N)=NCc1ccnc(N(C)C)c1. The highest BCUT2D eigenvalue weighted by Gasteiger charge is 2.02.